The first-order valence-electron chi connectivity index (χ1n) is 10.5. The lowest BCUT2D eigenvalue weighted by atomic mass is 9.92. The van der Waals surface area contributed by atoms with Gasteiger partial charge < -0.3 is 20.7 Å². The second-order valence-corrected chi connectivity index (χ2v) is 8.28. The van der Waals surface area contributed by atoms with Gasteiger partial charge in [-0.25, -0.2) is 15.0 Å². The standard InChI is InChI=1S/C24H21N7O2/c1-12-3-4-20(32)13(2)21(12)18-9-27-23-16(17(18)6-25)5-19(30-23)14-7-28-24(29-8-14)31-10-15(11-31)22(26)33/h3-5,7-9,15,32H,10-11H2,1-2H3,(H2,26,33)(H,27,30). The number of phenols is 1. The third-order valence-corrected chi connectivity index (χ3v) is 6.20. The fourth-order valence-corrected chi connectivity index (χ4v) is 4.24. The summed E-state index contributed by atoms with van der Waals surface area (Å²) >= 11 is 0. The lowest BCUT2D eigenvalue weighted by Gasteiger charge is -2.37. The number of hydrogen-bond donors (Lipinski definition) is 3. The van der Waals surface area contributed by atoms with Crippen LogP contribution in [0.5, 0.6) is 5.75 Å². The van der Waals surface area contributed by atoms with E-state index >= 15 is 0 Å². The molecule has 0 atom stereocenters. The quantitative estimate of drug-likeness (QED) is 0.443. The van der Waals surface area contributed by atoms with Gasteiger partial charge in [0.2, 0.25) is 11.9 Å². The number of amides is 1. The number of nitrogens with zero attached hydrogens (tertiary/aromatic N) is 5. The maximum absolute atomic E-state index is 11.2. The highest BCUT2D eigenvalue weighted by atomic mass is 16.3. The van der Waals surface area contributed by atoms with Crippen LogP contribution in [0.2, 0.25) is 0 Å². The molecule has 0 saturated carbocycles. The number of nitrogens with one attached hydrogen (secondary N) is 1. The number of nitriles is 1. The van der Waals surface area contributed by atoms with Crippen LogP contribution in [0.25, 0.3) is 33.4 Å². The summed E-state index contributed by atoms with van der Waals surface area (Å²) in [5.41, 5.74) is 11.0. The number of pyridine rings is 1. The van der Waals surface area contributed by atoms with Crippen LogP contribution in [0.1, 0.15) is 16.7 Å². The summed E-state index contributed by atoms with van der Waals surface area (Å²) < 4.78 is 0. The van der Waals surface area contributed by atoms with E-state index in [2.05, 4.69) is 26.0 Å². The molecule has 9 nitrogen and oxygen atoms in total. The Morgan fingerprint density at radius 2 is 1.94 bits per heavy atom. The Balaban J connectivity index is 1.52. The first-order chi connectivity index (χ1) is 15.9. The SMILES string of the molecule is Cc1ccc(O)c(C)c1-c1cnc2[nH]c(-c3cnc(N4CC(C(N)=O)C4)nc3)cc2c1C#N. The molecule has 5 rings (SSSR count). The number of nitrogens with two attached hydrogens (primary N) is 1. The summed E-state index contributed by atoms with van der Waals surface area (Å²) in [6, 6.07) is 7.65. The smallest absolute Gasteiger partial charge is 0.225 e. The average molecular weight is 439 g/mol. The van der Waals surface area contributed by atoms with Crippen LogP contribution >= 0.6 is 0 Å². The number of fused-ring (bicyclic) bond motifs is 1. The van der Waals surface area contributed by atoms with E-state index in [0.29, 0.717) is 46.8 Å². The normalized spacial score (nSPS) is 13.7. The lowest BCUT2D eigenvalue weighted by molar-refractivity contribution is -0.122. The monoisotopic (exact) mass is 439 g/mol. The van der Waals surface area contributed by atoms with Crippen molar-refractivity contribution >= 4 is 22.9 Å². The second-order valence-electron chi connectivity index (χ2n) is 8.28. The molecule has 0 aliphatic carbocycles. The number of aromatic hydroxyl groups is 1. The van der Waals surface area contributed by atoms with E-state index in [-0.39, 0.29) is 17.6 Å². The molecule has 9 heteroatoms. The number of hydrogen-bond acceptors (Lipinski definition) is 7. The van der Waals surface area contributed by atoms with E-state index in [0.717, 1.165) is 22.4 Å². The summed E-state index contributed by atoms with van der Waals surface area (Å²) in [6.45, 7) is 4.81. The molecule has 1 amide bonds. The summed E-state index contributed by atoms with van der Waals surface area (Å²) in [5.74, 6) is 0.249. The van der Waals surface area contributed by atoms with Gasteiger partial charge in [0.15, 0.2) is 0 Å². The second kappa shape index (κ2) is 7.60. The zero-order valence-corrected chi connectivity index (χ0v) is 18.1. The average Bonchev–Trinajstić information content (AvgIpc) is 3.20. The largest absolute Gasteiger partial charge is 0.508 e. The van der Waals surface area contributed by atoms with Crippen LogP contribution < -0.4 is 10.6 Å². The van der Waals surface area contributed by atoms with Crippen molar-refractivity contribution < 1.29 is 9.90 Å². The molecule has 1 aliphatic heterocycles. The number of carbonyl (C=O) groups excluding carboxylic acids is 1. The van der Waals surface area contributed by atoms with Crippen LogP contribution in [0.4, 0.5) is 5.95 Å². The molecule has 164 valence electrons. The van der Waals surface area contributed by atoms with Gasteiger partial charge in [0.05, 0.1) is 17.2 Å². The molecule has 3 aromatic heterocycles. The fourth-order valence-electron chi connectivity index (χ4n) is 4.24. The van der Waals surface area contributed by atoms with Crippen LogP contribution in [0.15, 0.2) is 36.8 Å². The molecule has 0 bridgehead atoms. The molecule has 0 radical (unpaired) electrons. The Labute approximate surface area is 189 Å². The molecule has 0 spiro atoms. The first-order valence-corrected chi connectivity index (χ1v) is 10.5. The van der Waals surface area contributed by atoms with Crippen LogP contribution in [0.3, 0.4) is 0 Å². The van der Waals surface area contributed by atoms with Crippen molar-refractivity contribution in [3.63, 3.8) is 0 Å². The number of anilines is 1. The molecule has 4 aromatic rings. The van der Waals surface area contributed by atoms with Crippen molar-refractivity contribution in [2.45, 2.75) is 13.8 Å². The van der Waals surface area contributed by atoms with Gasteiger partial charge in [0.25, 0.3) is 0 Å². The van der Waals surface area contributed by atoms with Gasteiger partial charge in [-0.3, -0.25) is 4.79 Å². The van der Waals surface area contributed by atoms with Gasteiger partial charge >= 0.3 is 0 Å². The van der Waals surface area contributed by atoms with Gasteiger partial charge in [-0.15, -0.1) is 0 Å². The Morgan fingerprint density at radius 1 is 1.21 bits per heavy atom. The first kappa shape index (κ1) is 20.5. The highest BCUT2D eigenvalue weighted by Crippen LogP contribution is 2.37. The number of aryl methyl sites for hydroxylation is 1. The molecule has 4 heterocycles. The number of benzene rings is 1. The minimum atomic E-state index is -0.308. The van der Waals surface area contributed by atoms with E-state index in [1.54, 1.807) is 24.7 Å². The number of rotatable bonds is 4. The minimum absolute atomic E-state index is 0.162. The zero-order chi connectivity index (χ0) is 23.3. The fraction of sp³-hybridized carbons (Fsp3) is 0.208. The van der Waals surface area contributed by atoms with E-state index in [1.807, 2.05) is 30.9 Å². The molecule has 1 saturated heterocycles. The maximum Gasteiger partial charge on any atom is 0.225 e. The lowest BCUT2D eigenvalue weighted by Crippen LogP contribution is -2.53. The van der Waals surface area contributed by atoms with Crippen molar-refractivity contribution in [2.75, 3.05) is 18.0 Å². The van der Waals surface area contributed by atoms with E-state index in [1.165, 1.54) is 0 Å². The van der Waals surface area contributed by atoms with Crippen LogP contribution in [0, 0.1) is 31.1 Å². The Bertz CT molecular complexity index is 1440. The van der Waals surface area contributed by atoms with Gasteiger partial charge in [-0.2, -0.15) is 5.26 Å². The van der Waals surface area contributed by atoms with Crippen molar-refractivity contribution in [2.24, 2.45) is 11.7 Å². The molecule has 1 aromatic carbocycles. The van der Waals surface area contributed by atoms with Gasteiger partial charge in [-0.1, -0.05) is 6.07 Å². The van der Waals surface area contributed by atoms with Crippen LogP contribution in [-0.4, -0.2) is 44.0 Å². The number of H-pyrrole nitrogens is 1. The highest BCUT2D eigenvalue weighted by Gasteiger charge is 2.32. The Morgan fingerprint density at radius 3 is 2.61 bits per heavy atom. The van der Waals surface area contributed by atoms with E-state index < -0.39 is 0 Å². The molecule has 4 N–H and O–H groups in total. The topological polar surface area (TPSA) is 145 Å². The zero-order valence-electron chi connectivity index (χ0n) is 18.1. The van der Waals surface area contributed by atoms with Crippen molar-refractivity contribution in [1.29, 1.82) is 5.26 Å². The molecular formula is C24H21N7O2. The summed E-state index contributed by atoms with van der Waals surface area (Å²) in [5, 5.41) is 20.9. The third-order valence-electron chi connectivity index (χ3n) is 6.20. The van der Waals surface area contributed by atoms with Crippen LogP contribution in [-0.2, 0) is 4.79 Å². The predicted molar refractivity (Wildman–Crippen MR) is 123 cm³/mol. The van der Waals surface area contributed by atoms with E-state index in [9.17, 15) is 15.2 Å². The molecule has 0 unspecified atom stereocenters. The Hall–Kier alpha value is -4.45. The Kier molecular flexibility index (Phi) is 4.71. The number of aromatic amines is 1. The predicted octanol–water partition coefficient (Wildman–Crippen LogP) is 2.80. The van der Waals surface area contributed by atoms with Crippen molar-refractivity contribution in [1.82, 2.24) is 19.9 Å². The summed E-state index contributed by atoms with van der Waals surface area (Å²) in [6.07, 6.45) is 5.05. The van der Waals surface area contributed by atoms with Crippen molar-refractivity contribution in [3.05, 3.63) is 53.5 Å². The van der Waals surface area contributed by atoms with E-state index in [4.69, 9.17) is 5.73 Å². The molecular weight excluding hydrogens is 418 g/mol. The summed E-state index contributed by atoms with van der Waals surface area (Å²) in [7, 11) is 0. The van der Waals surface area contributed by atoms with Gasteiger partial charge in [0, 0.05) is 48.2 Å². The maximum atomic E-state index is 11.2. The number of phenolic OH excluding ortho intramolecular Hbond substituents is 1. The van der Waals surface area contributed by atoms with Crippen molar-refractivity contribution in [3.8, 4) is 34.2 Å². The molecule has 1 fully saturated rings. The molecule has 1 aliphatic rings. The minimum Gasteiger partial charge on any atom is -0.508 e. The number of primary amides is 1. The van der Waals surface area contributed by atoms with Gasteiger partial charge in [-0.05, 0) is 42.7 Å². The summed E-state index contributed by atoms with van der Waals surface area (Å²) in [4.78, 5) is 29.7. The van der Waals surface area contributed by atoms with Gasteiger partial charge in [0.1, 0.15) is 17.5 Å². The molecule has 33 heavy (non-hydrogen) atoms. The number of aromatic nitrogens is 4. The third kappa shape index (κ3) is 3.32. The number of carbonyl (C=O) groups is 1. The highest BCUT2D eigenvalue weighted by molar-refractivity contribution is 5.94.